The Labute approximate surface area is 185 Å². The molecule has 8 heteroatoms. The molecule has 162 valence electrons. The van der Waals surface area contributed by atoms with Crippen molar-refractivity contribution < 1.29 is 4.74 Å². The van der Waals surface area contributed by atoms with Crippen LogP contribution in [0, 0.1) is 0 Å². The molecule has 1 atom stereocenters. The Balaban J connectivity index is 1.32. The molecule has 0 aliphatic carbocycles. The Hall–Kier alpha value is -3.65. The molecule has 1 saturated heterocycles. The number of benzene rings is 2. The number of nitrogens with one attached hydrogen (secondary N) is 2. The first-order valence-corrected chi connectivity index (χ1v) is 11.1. The predicted octanol–water partition coefficient (Wildman–Crippen LogP) is 3.55. The summed E-state index contributed by atoms with van der Waals surface area (Å²) < 4.78 is 7.83. The van der Waals surface area contributed by atoms with Crippen LogP contribution in [-0.4, -0.2) is 39.4 Å². The molecule has 0 amide bonds. The van der Waals surface area contributed by atoms with E-state index in [4.69, 9.17) is 15.6 Å². The van der Waals surface area contributed by atoms with Crippen LogP contribution < -0.4 is 21.1 Å². The Bertz CT molecular complexity index is 1260. The van der Waals surface area contributed by atoms with Crippen molar-refractivity contribution in [1.29, 1.82) is 0 Å². The van der Waals surface area contributed by atoms with Crippen LogP contribution in [0.4, 0.5) is 11.5 Å². The molecule has 2 aliphatic heterocycles. The first-order chi connectivity index (χ1) is 15.8. The number of nitrogen functional groups attached to an aromatic ring is 1. The first-order valence-electron chi connectivity index (χ1n) is 11.1. The lowest BCUT2D eigenvalue weighted by molar-refractivity contribution is 0.340. The Morgan fingerprint density at radius 2 is 1.84 bits per heavy atom. The maximum absolute atomic E-state index is 6.28. The van der Waals surface area contributed by atoms with Crippen molar-refractivity contribution in [2.24, 2.45) is 0 Å². The van der Waals surface area contributed by atoms with E-state index in [1.165, 1.54) is 11.9 Å². The third-order valence-corrected chi connectivity index (χ3v) is 6.37. The van der Waals surface area contributed by atoms with E-state index in [0.717, 1.165) is 59.7 Å². The van der Waals surface area contributed by atoms with Crippen molar-refractivity contribution in [2.45, 2.75) is 24.9 Å². The predicted molar refractivity (Wildman–Crippen MR) is 125 cm³/mol. The maximum atomic E-state index is 6.28. The minimum Gasteiger partial charge on any atom is -0.491 e. The number of hydrogen-bond donors (Lipinski definition) is 3. The summed E-state index contributed by atoms with van der Waals surface area (Å²) in [6.07, 6.45) is 3.57. The fraction of sp³-hybridized carbons (Fsp3) is 0.292. The van der Waals surface area contributed by atoms with Crippen LogP contribution in [0.5, 0.6) is 5.75 Å². The number of anilines is 2. The summed E-state index contributed by atoms with van der Waals surface area (Å²) >= 11 is 0. The van der Waals surface area contributed by atoms with Gasteiger partial charge in [0.2, 0.25) is 0 Å². The van der Waals surface area contributed by atoms with Gasteiger partial charge in [0.1, 0.15) is 30.2 Å². The number of hydrogen-bond acceptors (Lipinski definition) is 7. The van der Waals surface area contributed by atoms with Crippen LogP contribution in [-0.2, 0) is 0 Å². The zero-order chi connectivity index (χ0) is 21.5. The topological polar surface area (TPSA) is 103 Å². The van der Waals surface area contributed by atoms with E-state index in [1.54, 1.807) is 0 Å². The highest BCUT2D eigenvalue weighted by Gasteiger charge is 2.25. The quantitative estimate of drug-likeness (QED) is 0.458. The average Bonchev–Trinajstić information content (AvgIpc) is 3.43. The summed E-state index contributed by atoms with van der Waals surface area (Å²) in [5.74, 6) is 1.42. The highest BCUT2D eigenvalue weighted by atomic mass is 16.5. The molecule has 4 aromatic rings. The molecule has 0 saturated carbocycles. The van der Waals surface area contributed by atoms with Crippen LogP contribution in [0.1, 0.15) is 30.5 Å². The molecule has 2 aromatic carbocycles. The second-order valence-corrected chi connectivity index (χ2v) is 8.35. The third-order valence-electron chi connectivity index (χ3n) is 6.37. The van der Waals surface area contributed by atoms with Crippen molar-refractivity contribution in [3.63, 3.8) is 0 Å². The van der Waals surface area contributed by atoms with E-state index < -0.39 is 0 Å². The number of piperidine rings is 1. The molecule has 1 unspecified atom stereocenters. The van der Waals surface area contributed by atoms with Crippen molar-refractivity contribution in [3.8, 4) is 17.0 Å². The van der Waals surface area contributed by atoms with Gasteiger partial charge in [-0.25, -0.2) is 14.6 Å². The van der Waals surface area contributed by atoms with E-state index in [-0.39, 0.29) is 6.04 Å². The minimum absolute atomic E-state index is 0.140. The monoisotopic (exact) mass is 427 g/mol. The molecular weight excluding hydrogens is 402 g/mol. The lowest BCUT2D eigenvalue weighted by Gasteiger charge is -2.23. The summed E-state index contributed by atoms with van der Waals surface area (Å²) in [5, 5.41) is 12.8. The number of aromatic nitrogens is 4. The van der Waals surface area contributed by atoms with Gasteiger partial charge in [0.05, 0.1) is 17.5 Å². The molecule has 6 rings (SSSR count). The largest absolute Gasteiger partial charge is 0.491 e. The molecule has 8 nitrogen and oxygen atoms in total. The van der Waals surface area contributed by atoms with Gasteiger partial charge < -0.3 is 21.1 Å². The van der Waals surface area contributed by atoms with Crippen molar-refractivity contribution in [3.05, 3.63) is 60.4 Å². The summed E-state index contributed by atoms with van der Waals surface area (Å²) in [6.45, 7) is 2.59. The van der Waals surface area contributed by atoms with Crippen LogP contribution in [0.25, 0.3) is 22.3 Å². The zero-order valence-electron chi connectivity index (χ0n) is 17.7. The average molecular weight is 428 g/mol. The zero-order valence-corrected chi connectivity index (χ0v) is 17.7. The number of rotatable bonds is 4. The smallest absolute Gasteiger partial charge is 0.164 e. The molecule has 0 radical (unpaired) electrons. The molecule has 1 fully saturated rings. The third kappa shape index (κ3) is 3.23. The number of nitrogens with two attached hydrogens (primary N) is 1. The van der Waals surface area contributed by atoms with Crippen molar-refractivity contribution >= 4 is 22.5 Å². The van der Waals surface area contributed by atoms with Gasteiger partial charge in [-0.3, -0.25) is 0 Å². The highest BCUT2D eigenvalue weighted by molar-refractivity contribution is 5.98. The van der Waals surface area contributed by atoms with Gasteiger partial charge in [0, 0.05) is 16.8 Å². The number of fused-ring (bicyclic) bond motifs is 2. The van der Waals surface area contributed by atoms with E-state index in [1.807, 2.05) is 22.9 Å². The van der Waals surface area contributed by atoms with E-state index in [2.05, 4.69) is 50.9 Å². The Kier molecular flexibility index (Phi) is 4.65. The second kappa shape index (κ2) is 7.80. The van der Waals surface area contributed by atoms with Gasteiger partial charge in [0.15, 0.2) is 5.65 Å². The number of ether oxygens (including phenoxy) is 1. The molecule has 0 bridgehead atoms. The lowest BCUT2D eigenvalue weighted by atomic mass is 10.1. The Morgan fingerprint density at radius 3 is 2.69 bits per heavy atom. The van der Waals surface area contributed by atoms with Crippen molar-refractivity contribution in [1.82, 2.24) is 25.1 Å². The number of nitrogens with zero attached hydrogens (tertiary/aromatic N) is 4. The maximum Gasteiger partial charge on any atom is 0.164 e. The summed E-state index contributed by atoms with van der Waals surface area (Å²) in [6, 6.07) is 16.9. The van der Waals surface area contributed by atoms with Crippen molar-refractivity contribution in [2.75, 3.05) is 30.7 Å². The molecule has 2 aromatic heterocycles. The van der Waals surface area contributed by atoms with E-state index in [0.29, 0.717) is 18.5 Å². The lowest BCUT2D eigenvalue weighted by Crippen LogP contribution is -2.30. The summed E-state index contributed by atoms with van der Waals surface area (Å²) in [4.78, 5) is 8.77. The van der Waals surface area contributed by atoms with Gasteiger partial charge in [0.25, 0.3) is 0 Å². The molecule has 32 heavy (non-hydrogen) atoms. The van der Waals surface area contributed by atoms with Gasteiger partial charge in [-0.2, -0.15) is 5.10 Å². The van der Waals surface area contributed by atoms with Crippen LogP contribution in [0.2, 0.25) is 0 Å². The van der Waals surface area contributed by atoms with Crippen LogP contribution in [0.15, 0.2) is 54.9 Å². The molecule has 4 heterocycles. The second-order valence-electron chi connectivity index (χ2n) is 8.35. The SMILES string of the molecule is Nc1ncnc2c1c(-c1ccc(NC3COc4ccccc43)cc1)nn2C1CCNCC1. The molecule has 0 spiro atoms. The van der Waals surface area contributed by atoms with Crippen LogP contribution in [0.3, 0.4) is 0 Å². The first kappa shape index (κ1) is 19.1. The molecule has 2 aliphatic rings. The fourth-order valence-electron chi connectivity index (χ4n) is 4.71. The number of para-hydroxylation sites is 1. The fourth-order valence-corrected chi connectivity index (χ4v) is 4.71. The molecular formula is C24H25N7O. The van der Waals surface area contributed by atoms with Gasteiger partial charge >= 0.3 is 0 Å². The van der Waals surface area contributed by atoms with Gasteiger partial charge in [-0.1, -0.05) is 30.3 Å². The summed E-state index contributed by atoms with van der Waals surface area (Å²) in [5.41, 5.74) is 11.1. The molecule has 4 N–H and O–H groups in total. The van der Waals surface area contributed by atoms with E-state index in [9.17, 15) is 0 Å². The standard InChI is InChI=1S/C24H25N7O/c25-23-21-22(30-31(24(21)28-14-27-23)17-9-11-26-12-10-17)15-5-7-16(8-6-15)29-19-13-32-20-4-2-1-3-18(19)20/h1-8,14,17,19,26,29H,9-13H2,(H2,25,27,28). The normalized spacial score (nSPS) is 18.4. The van der Waals surface area contributed by atoms with E-state index >= 15 is 0 Å². The van der Waals surface area contributed by atoms with Gasteiger partial charge in [-0.15, -0.1) is 0 Å². The summed E-state index contributed by atoms with van der Waals surface area (Å²) in [7, 11) is 0. The Morgan fingerprint density at radius 1 is 1.03 bits per heavy atom. The minimum atomic E-state index is 0.140. The van der Waals surface area contributed by atoms with Crippen LogP contribution >= 0.6 is 0 Å². The highest BCUT2D eigenvalue weighted by Crippen LogP contribution is 2.36. The van der Waals surface area contributed by atoms with Gasteiger partial charge in [-0.05, 0) is 44.1 Å².